The molecule has 5 rings (SSSR count). The van der Waals surface area contributed by atoms with Crippen molar-refractivity contribution in [3.05, 3.63) is 113 Å². The van der Waals surface area contributed by atoms with Crippen molar-refractivity contribution in [3.63, 3.8) is 0 Å². The Morgan fingerprint density at radius 2 is 1.62 bits per heavy atom. The van der Waals surface area contributed by atoms with E-state index >= 15 is 0 Å². The van der Waals surface area contributed by atoms with Gasteiger partial charge in [0.1, 0.15) is 5.75 Å². The summed E-state index contributed by atoms with van der Waals surface area (Å²) in [4.78, 5) is 34.1. The highest BCUT2D eigenvalue weighted by atomic mass is 35.5. The number of anilines is 1. The number of rotatable bonds is 8. The van der Waals surface area contributed by atoms with Crippen LogP contribution in [0.1, 0.15) is 36.1 Å². The number of hydrogen-bond donors (Lipinski definition) is 4. The highest BCUT2D eigenvalue weighted by molar-refractivity contribution is 7.60. The smallest absolute Gasteiger partial charge is 0.356 e. The van der Waals surface area contributed by atoms with E-state index in [0.29, 0.717) is 40.1 Å². The Bertz CT molecular complexity index is 1560. The molecule has 0 radical (unpaired) electrons. The van der Waals surface area contributed by atoms with Crippen LogP contribution in [0.15, 0.2) is 97.1 Å². The third-order valence-electron chi connectivity index (χ3n) is 7.12. The zero-order chi connectivity index (χ0) is 27.7. The summed E-state index contributed by atoms with van der Waals surface area (Å²) in [7, 11) is -4.45. The molecule has 7 nitrogen and oxygen atoms in total. The quantitative estimate of drug-likeness (QED) is 0.160. The van der Waals surface area contributed by atoms with E-state index in [0.717, 1.165) is 5.69 Å². The minimum absolute atomic E-state index is 0.0717. The Kier molecular flexibility index (Phi) is 7.63. The number of phenols is 1. The molecular weight excluding hydrogens is 537 g/mol. The second-order valence-corrected chi connectivity index (χ2v) is 11.6. The van der Waals surface area contributed by atoms with Gasteiger partial charge in [0, 0.05) is 16.3 Å². The number of carbonyl (C=O) groups is 1. The lowest BCUT2D eigenvalue weighted by Gasteiger charge is -2.48. The molecular formula is C30H27ClNO6P. The maximum absolute atomic E-state index is 13.3. The number of carbonyl (C=O) groups excluding carboxylic acids is 1. The first-order valence-corrected chi connectivity index (χ1v) is 14.4. The Morgan fingerprint density at radius 3 is 2.31 bits per heavy atom. The van der Waals surface area contributed by atoms with Gasteiger partial charge in [0.25, 0.3) is 0 Å². The second kappa shape index (κ2) is 11.0. The predicted molar refractivity (Wildman–Crippen MR) is 151 cm³/mol. The zero-order valence-corrected chi connectivity index (χ0v) is 22.4. The average Bonchev–Trinajstić information content (AvgIpc) is 2.92. The summed E-state index contributed by atoms with van der Waals surface area (Å²) in [5, 5.41) is 22.1. The van der Waals surface area contributed by atoms with Crippen molar-refractivity contribution in [2.45, 2.75) is 25.0 Å². The van der Waals surface area contributed by atoms with Crippen LogP contribution in [-0.4, -0.2) is 25.9 Å². The van der Waals surface area contributed by atoms with Gasteiger partial charge in [0.05, 0.1) is 23.4 Å². The molecule has 9 heteroatoms. The number of aliphatic hydroxyl groups is 1. The Balaban J connectivity index is 1.45. The van der Waals surface area contributed by atoms with Crippen molar-refractivity contribution < 1.29 is 29.4 Å². The fourth-order valence-corrected chi connectivity index (χ4v) is 6.01. The number of β-lactam (4-membered cyclic amide) rings is 1. The van der Waals surface area contributed by atoms with Crippen LogP contribution in [0.3, 0.4) is 0 Å². The molecule has 1 heterocycles. The van der Waals surface area contributed by atoms with Gasteiger partial charge in [-0.1, -0.05) is 72.3 Å². The van der Waals surface area contributed by atoms with Crippen LogP contribution in [0.25, 0.3) is 11.1 Å². The van der Waals surface area contributed by atoms with Gasteiger partial charge in [-0.15, -0.1) is 0 Å². The molecule has 39 heavy (non-hydrogen) atoms. The normalized spacial score (nSPS) is 18.1. The van der Waals surface area contributed by atoms with E-state index in [1.54, 1.807) is 47.4 Å². The predicted octanol–water partition coefficient (Wildman–Crippen LogP) is 5.73. The van der Waals surface area contributed by atoms with Crippen LogP contribution in [0.4, 0.5) is 5.69 Å². The first-order valence-electron chi connectivity index (χ1n) is 12.4. The second-order valence-electron chi connectivity index (χ2n) is 9.58. The van der Waals surface area contributed by atoms with E-state index in [1.165, 1.54) is 18.2 Å². The fourth-order valence-electron chi connectivity index (χ4n) is 5.16. The van der Waals surface area contributed by atoms with Crippen LogP contribution in [-0.2, 0) is 9.36 Å². The minimum atomic E-state index is -4.45. The molecule has 0 spiro atoms. The first kappa shape index (κ1) is 27.1. The summed E-state index contributed by atoms with van der Waals surface area (Å²) in [6, 6.07) is 26.9. The van der Waals surface area contributed by atoms with Gasteiger partial charge < -0.3 is 24.9 Å². The van der Waals surface area contributed by atoms with Crippen LogP contribution < -0.4 is 10.2 Å². The molecule has 0 bridgehead atoms. The summed E-state index contributed by atoms with van der Waals surface area (Å²) >= 11 is 6.25. The molecule has 3 atom stereocenters. The molecule has 1 amide bonds. The number of benzene rings is 4. The van der Waals surface area contributed by atoms with Crippen molar-refractivity contribution in [1.29, 1.82) is 0 Å². The van der Waals surface area contributed by atoms with Crippen molar-refractivity contribution in [2.24, 2.45) is 5.92 Å². The van der Waals surface area contributed by atoms with Gasteiger partial charge in [0.2, 0.25) is 5.91 Å². The number of aliphatic hydroxyl groups excluding tert-OH is 1. The summed E-state index contributed by atoms with van der Waals surface area (Å²) in [6.45, 7) is 0. The van der Waals surface area contributed by atoms with Gasteiger partial charge in [-0.2, -0.15) is 0 Å². The SMILES string of the molecule is O=C1[C@H](CC[C@H](O)c2ccccc2Cl)[C@@H](c2ccc(-c3cccc(P(=O)(O)O)c3)c(O)c2)N1c1ccccc1. The van der Waals surface area contributed by atoms with Gasteiger partial charge in [-0.3, -0.25) is 9.36 Å². The van der Waals surface area contributed by atoms with Crippen LogP contribution in [0.5, 0.6) is 5.75 Å². The highest BCUT2D eigenvalue weighted by Crippen LogP contribution is 2.48. The summed E-state index contributed by atoms with van der Waals surface area (Å²) in [5.41, 5.74) is 2.93. The number of hydrogen-bond acceptors (Lipinski definition) is 4. The number of phenolic OH excluding ortho intramolecular Hbond substituents is 1. The van der Waals surface area contributed by atoms with Gasteiger partial charge in [-0.25, -0.2) is 0 Å². The van der Waals surface area contributed by atoms with Gasteiger partial charge in [-0.05, 0) is 65.9 Å². The van der Waals surface area contributed by atoms with Gasteiger partial charge >= 0.3 is 7.60 Å². The number of para-hydroxylation sites is 1. The number of amides is 1. The molecule has 0 aromatic heterocycles. The molecule has 1 aliphatic rings. The maximum atomic E-state index is 13.3. The number of halogens is 1. The first-order chi connectivity index (χ1) is 18.6. The van der Waals surface area contributed by atoms with Crippen molar-refractivity contribution >= 4 is 36.1 Å². The zero-order valence-electron chi connectivity index (χ0n) is 20.8. The lowest BCUT2D eigenvalue weighted by atomic mass is 9.78. The average molecular weight is 564 g/mol. The molecule has 4 aromatic carbocycles. The minimum Gasteiger partial charge on any atom is -0.507 e. The summed E-state index contributed by atoms with van der Waals surface area (Å²) in [6.07, 6.45) is -0.0834. The van der Waals surface area contributed by atoms with E-state index in [4.69, 9.17) is 11.6 Å². The van der Waals surface area contributed by atoms with Crippen LogP contribution >= 0.6 is 19.2 Å². The van der Waals surface area contributed by atoms with E-state index in [1.807, 2.05) is 36.4 Å². The van der Waals surface area contributed by atoms with Gasteiger partial charge in [0.15, 0.2) is 0 Å². The summed E-state index contributed by atoms with van der Waals surface area (Å²) < 4.78 is 11.7. The number of aromatic hydroxyl groups is 1. The molecule has 1 aliphatic heterocycles. The maximum Gasteiger partial charge on any atom is 0.356 e. The third kappa shape index (κ3) is 5.50. The standard InChI is InChI=1S/C30H27ClNO6P/c31-26-12-5-4-11-24(26)27(33)16-15-25-29(32(30(25)35)21-8-2-1-3-9-21)20-13-14-23(28(34)18-20)19-7-6-10-22(17-19)39(36,37)38/h1-14,17-18,25,27,29,33-34H,15-16H2,(H2,36,37,38)/t25-,27+,29-/m1/s1. The Hall–Kier alpha value is -3.45. The van der Waals surface area contributed by atoms with E-state index in [-0.39, 0.29) is 23.0 Å². The number of nitrogens with zero attached hydrogens (tertiary/aromatic N) is 1. The molecule has 1 saturated heterocycles. The topological polar surface area (TPSA) is 118 Å². The molecule has 4 N–H and O–H groups in total. The third-order valence-corrected chi connectivity index (χ3v) is 8.42. The fraction of sp³-hybridized carbons (Fsp3) is 0.167. The monoisotopic (exact) mass is 563 g/mol. The lowest BCUT2D eigenvalue weighted by molar-refractivity contribution is -0.131. The Labute approximate surface area is 231 Å². The summed E-state index contributed by atoms with van der Waals surface area (Å²) in [5.74, 6) is -0.571. The Morgan fingerprint density at radius 1 is 0.897 bits per heavy atom. The van der Waals surface area contributed by atoms with Crippen LogP contribution in [0, 0.1) is 5.92 Å². The van der Waals surface area contributed by atoms with Crippen LogP contribution in [0.2, 0.25) is 5.02 Å². The molecule has 0 aliphatic carbocycles. The molecule has 200 valence electrons. The van der Waals surface area contributed by atoms with Crippen molar-refractivity contribution in [1.82, 2.24) is 0 Å². The largest absolute Gasteiger partial charge is 0.507 e. The highest BCUT2D eigenvalue weighted by Gasteiger charge is 2.48. The molecule has 0 saturated carbocycles. The van der Waals surface area contributed by atoms with E-state index in [2.05, 4.69) is 0 Å². The van der Waals surface area contributed by atoms with Crippen molar-refractivity contribution in [2.75, 3.05) is 4.90 Å². The molecule has 4 aromatic rings. The van der Waals surface area contributed by atoms with Crippen molar-refractivity contribution in [3.8, 4) is 16.9 Å². The molecule has 1 fully saturated rings. The lowest BCUT2D eigenvalue weighted by Crippen LogP contribution is -2.55. The van der Waals surface area contributed by atoms with E-state index < -0.39 is 19.6 Å². The molecule has 0 unspecified atom stereocenters. The van der Waals surface area contributed by atoms with E-state index in [9.17, 15) is 29.4 Å².